The van der Waals surface area contributed by atoms with E-state index in [0.29, 0.717) is 0 Å². The van der Waals surface area contributed by atoms with Crippen LogP contribution in [0.1, 0.15) is 25.0 Å². The van der Waals surface area contributed by atoms with Crippen molar-refractivity contribution in [2.45, 2.75) is 24.6 Å². The first kappa shape index (κ1) is 9.46. The Morgan fingerprint density at radius 3 is 2.77 bits per heavy atom. The van der Waals surface area contributed by atoms with Crippen molar-refractivity contribution in [3.8, 4) is 0 Å². The van der Waals surface area contributed by atoms with Gasteiger partial charge in [0.1, 0.15) is 0 Å². The van der Waals surface area contributed by atoms with Crippen LogP contribution < -0.4 is 4.90 Å². The number of hydrogen-bond donors (Lipinski definition) is 0. The summed E-state index contributed by atoms with van der Waals surface area (Å²) in [5, 5.41) is 4.21. The minimum Gasteiger partial charge on any atom is -0.348 e. The molecule has 0 radical (unpaired) electrons. The largest absolute Gasteiger partial charge is 0.348 e. The lowest BCUT2D eigenvalue weighted by molar-refractivity contribution is 0.576. The Balaban J connectivity index is 2.05. The summed E-state index contributed by atoms with van der Waals surface area (Å²) in [6.07, 6.45) is 4.03. The third-order valence-electron chi connectivity index (χ3n) is 2.30. The van der Waals surface area contributed by atoms with Crippen LogP contribution >= 0.6 is 27.3 Å². The van der Waals surface area contributed by atoms with Crippen LogP contribution in [-0.4, -0.2) is 18.1 Å². The molecular weight excluding hydrogens is 248 g/mol. The second-order valence-electron chi connectivity index (χ2n) is 3.30. The van der Waals surface area contributed by atoms with Gasteiger partial charge < -0.3 is 4.90 Å². The Kier molecular flexibility index (Phi) is 3.22. The highest BCUT2D eigenvalue weighted by molar-refractivity contribution is 9.08. The fraction of sp³-hybridized carbons (Fsp3) is 0.667. The number of anilines is 1. The van der Waals surface area contributed by atoms with Crippen molar-refractivity contribution in [1.29, 1.82) is 0 Å². The summed E-state index contributed by atoms with van der Waals surface area (Å²) >= 11 is 5.19. The molecule has 4 heteroatoms. The molecule has 72 valence electrons. The molecule has 1 fully saturated rings. The molecule has 0 unspecified atom stereocenters. The van der Waals surface area contributed by atoms with E-state index in [1.165, 1.54) is 37.5 Å². The molecule has 13 heavy (non-hydrogen) atoms. The average Bonchev–Trinajstić information content (AvgIpc) is 2.67. The molecular formula is C9H13BrN2S. The number of piperidine rings is 1. The summed E-state index contributed by atoms with van der Waals surface area (Å²) in [4.78, 5) is 6.95. The number of alkyl halides is 1. The molecule has 1 aromatic heterocycles. The van der Waals surface area contributed by atoms with Gasteiger partial charge >= 0.3 is 0 Å². The van der Waals surface area contributed by atoms with Gasteiger partial charge in [0.05, 0.1) is 5.69 Å². The van der Waals surface area contributed by atoms with E-state index in [0.717, 1.165) is 11.0 Å². The number of nitrogens with zero attached hydrogens (tertiary/aromatic N) is 2. The average molecular weight is 261 g/mol. The SMILES string of the molecule is BrCc1csc(N2CCCCC2)n1. The highest BCUT2D eigenvalue weighted by Crippen LogP contribution is 2.24. The van der Waals surface area contributed by atoms with E-state index < -0.39 is 0 Å². The molecule has 1 aliphatic rings. The summed E-state index contributed by atoms with van der Waals surface area (Å²) in [5.41, 5.74) is 1.16. The zero-order chi connectivity index (χ0) is 9.10. The van der Waals surface area contributed by atoms with Gasteiger partial charge in [-0.3, -0.25) is 0 Å². The molecule has 2 heterocycles. The molecule has 0 atom stereocenters. The third kappa shape index (κ3) is 2.23. The molecule has 0 spiro atoms. The zero-order valence-electron chi connectivity index (χ0n) is 7.50. The lowest BCUT2D eigenvalue weighted by atomic mass is 10.1. The molecule has 0 N–H and O–H groups in total. The van der Waals surface area contributed by atoms with Crippen LogP contribution in [0.2, 0.25) is 0 Å². The highest BCUT2D eigenvalue weighted by Gasteiger charge is 2.13. The molecule has 2 nitrogen and oxygen atoms in total. The Bertz CT molecular complexity index is 268. The first-order chi connectivity index (χ1) is 6.40. The van der Waals surface area contributed by atoms with Crippen LogP contribution in [-0.2, 0) is 5.33 Å². The molecule has 1 saturated heterocycles. The smallest absolute Gasteiger partial charge is 0.185 e. The lowest BCUT2D eigenvalue weighted by Crippen LogP contribution is -2.29. The second kappa shape index (κ2) is 4.42. The van der Waals surface area contributed by atoms with E-state index in [4.69, 9.17) is 0 Å². The van der Waals surface area contributed by atoms with E-state index in [-0.39, 0.29) is 0 Å². The number of hydrogen-bond acceptors (Lipinski definition) is 3. The number of aromatic nitrogens is 1. The maximum atomic E-state index is 4.55. The Morgan fingerprint density at radius 2 is 2.15 bits per heavy atom. The summed E-state index contributed by atoms with van der Waals surface area (Å²) in [5.74, 6) is 0. The van der Waals surface area contributed by atoms with Crippen molar-refractivity contribution in [3.05, 3.63) is 11.1 Å². The van der Waals surface area contributed by atoms with Gasteiger partial charge in [-0.05, 0) is 19.3 Å². The molecule has 2 rings (SSSR count). The zero-order valence-corrected chi connectivity index (χ0v) is 9.90. The highest BCUT2D eigenvalue weighted by atomic mass is 79.9. The van der Waals surface area contributed by atoms with E-state index in [9.17, 15) is 0 Å². The van der Waals surface area contributed by atoms with Gasteiger partial charge in [-0.15, -0.1) is 11.3 Å². The van der Waals surface area contributed by atoms with Crippen LogP contribution in [0.5, 0.6) is 0 Å². The number of rotatable bonds is 2. The van der Waals surface area contributed by atoms with Gasteiger partial charge in [0.2, 0.25) is 0 Å². The fourth-order valence-corrected chi connectivity index (χ4v) is 2.97. The van der Waals surface area contributed by atoms with Crippen LogP contribution in [0.15, 0.2) is 5.38 Å². The van der Waals surface area contributed by atoms with Gasteiger partial charge in [0.25, 0.3) is 0 Å². The third-order valence-corrected chi connectivity index (χ3v) is 3.83. The molecule has 0 bridgehead atoms. The van der Waals surface area contributed by atoms with Crippen molar-refractivity contribution in [2.75, 3.05) is 18.0 Å². The molecule has 1 aliphatic heterocycles. The first-order valence-corrected chi connectivity index (χ1v) is 6.65. The quantitative estimate of drug-likeness (QED) is 0.761. The molecule has 0 aromatic carbocycles. The molecule has 0 amide bonds. The van der Waals surface area contributed by atoms with Crippen LogP contribution in [0.4, 0.5) is 5.13 Å². The number of thiazole rings is 1. The number of halogens is 1. The van der Waals surface area contributed by atoms with Crippen molar-refractivity contribution in [1.82, 2.24) is 4.98 Å². The monoisotopic (exact) mass is 260 g/mol. The maximum Gasteiger partial charge on any atom is 0.185 e. The predicted octanol–water partition coefficient (Wildman–Crippen LogP) is 3.03. The van der Waals surface area contributed by atoms with E-state index in [1.807, 2.05) is 0 Å². The Labute approximate surface area is 91.1 Å². The van der Waals surface area contributed by atoms with Gasteiger partial charge in [-0.2, -0.15) is 0 Å². The molecule has 0 saturated carbocycles. The normalized spacial score (nSPS) is 17.8. The summed E-state index contributed by atoms with van der Waals surface area (Å²) in [6, 6.07) is 0. The predicted molar refractivity (Wildman–Crippen MR) is 60.8 cm³/mol. The summed E-state index contributed by atoms with van der Waals surface area (Å²) in [7, 11) is 0. The van der Waals surface area contributed by atoms with Gasteiger partial charge in [-0.25, -0.2) is 4.98 Å². The standard InChI is InChI=1S/C9H13BrN2S/c10-6-8-7-13-9(11-8)12-4-2-1-3-5-12/h7H,1-6H2. The van der Waals surface area contributed by atoms with Gasteiger partial charge in [0, 0.05) is 23.8 Å². The maximum absolute atomic E-state index is 4.55. The minimum absolute atomic E-state index is 0.872. The Morgan fingerprint density at radius 1 is 1.38 bits per heavy atom. The van der Waals surface area contributed by atoms with Crippen molar-refractivity contribution >= 4 is 32.4 Å². The fourth-order valence-electron chi connectivity index (χ4n) is 1.59. The van der Waals surface area contributed by atoms with E-state index in [1.54, 1.807) is 11.3 Å². The van der Waals surface area contributed by atoms with E-state index in [2.05, 4.69) is 31.2 Å². The summed E-state index contributed by atoms with van der Waals surface area (Å²) < 4.78 is 0. The Hall–Kier alpha value is -0.0900. The van der Waals surface area contributed by atoms with Crippen LogP contribution in [0.25, 0.3) is 0 Å². The minimum atomic E-state index is 0.872. The topological polar surface area (TPSA) is 16.1 Å². The molecule has 1 aromatic rings. The van der Waals surface area contributed by atoms with Crippen molar-refractivity contribution in [2.24, 2.45) is 0 Å². The first-order valence-electron chi connectivity index (χ1n) is 4.65. The van der Waals surface area contributed by atoms with E-state index >= 15 is 0 Å². The van der Waals surface area contributed by atoms with Crippen molar-refractivity contribution in [3.63, 3.8) is 0 Å². The van der Waals surface area contributed by atoms with Gasteiger partial charge in [-0.1, -0.05) is 15.9 Å². The van der Waals surface area contributed by atoms with Crippen LogP contribution in [0.3, 0.4) is 0 Å². The second-order valence-corrected chi connectivity index (χ2v) is 4.70. The lowest BCUT2D eigenvalue weighted by Gasteiger charge is -2.25. The van der Waals surface area contributed by atoms with Gasteiger partial charge in [0.15, 0.2) is 5.13 Å². The summed E-state index contributed by atoms with van der Waals surface area (Å²) in [6.45, 7) is 2.38. The van der Waals surface area contributed by atoms with Crippen LogP contribution in [0, 0.1) is 0 Å². The van der Waals surface area contributed by atoms with Crippen molar-refractivity contribution < 1.29 is 0 Å². The molecule has 0 aliphatic carbocycles.